The maximum atomic E-state index is 11.7. The number of carbonyl (C=O) groups excluding carboxylic acids is 1. The number of hydrogen-bond donors (Lipinski definition) is 1. The Morgan fingerprint density at radius 3 is 2.28 bits per heavy atom. The van der Waals surface area contributed by atoms with Gasteiger partial charge in [-0.2, -0.15) is 0 Å². The van der Waals surface area contributed by atoms with E-state index in [0.29, 0.717) is 6.42 Å². The molecule has 0 unspecified atom stereocenters. The summed E-state index contributed by atoms with van der Waals surface area (Å²) < 4.78 is 10.6. The zero-order chi connectivity index (χ0) is 13.8. The van der Waals surface area contributed by atoms with Crippen molar-refractivity contribution in [2.75, 3.05) is 7.11 Å². The van der Waals surface area contributed by atoms with Gasteiger partial charge >= 0.3 is 5.97 Å². The first-order valence-corrected chi connectivity index (χ1v) is 9.26. The molecule has 100 valence electrons. The summed E-state index contributed by atoms with van der Waals surface area (Å²) in [6.07, 6.45) is -0.122. The number of hydrogen-bond acceptors (Lipinski definition) is 4. The van der Waals surface area contributed by atoms with Gasteiger partial charge in [-0.3, -0.25) is 0 Å². The zero-order valence-corrected chi connectivity index (χ0v) is 12.3. The van der Waals surface area contributed by atoms with Crippen LogP contribution in [-0.4, -0.2) is 32.6 Å². The number of rotatable bonds is 5. The van der Waals surface area contributed by atoms with Crippen LogP contribution in [0.3, 0.4) is 0 Å². The summed E-state index contributed by atoms with van der Waals surface area (Å²) >= 11 is 0. The van der Waals surface area contributed by atoms with Crippen molar-refractivity contribution in [2.45, 2.75) is 32.2 Å². The van der Waals surface area contributed by atoms with Crippen molar-refractivity contribution < 1.29 is 19.1 Å². The highest BCUT2D eigenvalue weighted by Crippen LogP contribution is 2.16. The summed E-state index contributed by atoms with van der Waals surface area (Å²) in [5.41, 5.74) is 0.932. The van der Waals surface area contributed by atoms with Gasteiger partial charge in [-0.1, -0.05) is 12.1 Å². The average Bonchev–Trinajstić information content (AvgIpc) is 2.28. The second kappa shape index (κ2) is 6.02. The molecule has 0 aliphatic heterocycles. The lowest BCUT2D eigenvalue weighted by atomic mass is 10.1. The molecule has 18 heavy (non-hydrogen) atoms. The fourth-order valence-corrected chi connectivity index (χ4v) is 2.61. The van der Waals surface area contributed by atoms with Crippen LogP contribution in [0.2, 0.25) is 19.6 Å². The topological polar surface area (TPSA) is 55.8 Å². The molecular formula is C13H20O4Si. The van der Waals surface area contributed by atoms with E-state index in [1.807, 2.05) is 19.6 Å². The van der Waals surface area contributed by atoms with Crippen LogP contribution in [0.5, 0.6) is 5.75 Å². The van der Waals surface area contributed by atoms with Crippen molar-refractivity contribution in [1.82, 2.24) is 0 Å². The third-order valence-corrected chi connectivity index (χ3v) is 3.31. The Morgan fingerprint density at radius 1 is 1.28 bits per heavy atom. The fourth-order valence-electron chi connectivity index (χ4n) is 1.58. The van der Waals surface area contributed by atoms with E-state index in [-0.39, 0.29) is 11.7 Å². The lowest BCUT2D eigenvalue weighted by Crippen LogP contribution is -2.38. The van der Waals surface area contributed by atoms with Gasteiger partial charge in [0.1, 0.15) is 11.9 Å². The molecule has 1 atom stereocenters. The Labute approximate surface area is 109 Å². The maximum absolute atomic E-state index is 11.7. The molecule has 0 radical (unpaired) electrons. The highest BCUT2D eigenvalue weighted by atomic mass is 28.4. The van der Waals surface area contributed by atoms with Gasteiger partial charge < -0.3 is 14.3 Å². The minimum absolute atomic E-state index is 0.208. The molecule has 0 aliphatic rings. The van der Waals surface area contributed by atoms with Crippen LogP contribution in [0.1, 0.15) is 5.56 Å². The van der Waals surface area contributed by atoms with E-state index in [2.05, 4.69) is 0 Å². The van der Waals surface area contributed by atoms with E-state index in [0.717, 1.165) is 5.56 Å². The maximum Gasteiger partial charge on any atom is 0.334 e. The van der Waals surface area contributed by atoms with Crippen LogP contribution in [0.15, 0.2) is 24.3 Å². The van der Waals surface area contributed by atoms with Gasteiger partial charge in [-0.15, -0.1) is 0 Å². The molecular weight excluding hydrogens is 248 g/mol. The third kappa shape index (κ3) is 4.89. The summed E-state index contributed by atoms with van der Waals surface area (Å²) in [5, 5.41) is 9.22. The first-order chi connectivity index (χ1) is 8.31. The standard InChI is InChI=1S/C13H20O4Si/c1-16-13(15)12(17-18(2,3)4)9-10-5-7-11(14)8-6-10/h5-8,12,14H,9H2,1-4H3/t12-/m0/s1. The molecule has 0 fully saturated rings. The van der Waals surface area contributed by atoms with Crippen LogP contribution < -0.4 is 0 Å². The van der Waals surface area contributed by atoms with Gasteiger partial charge in [0, 0.05) is 6.42 Å². The molecule has 1 rings (SSSR count). The van der Waals surface area contributed by atoms with Crippen LogP contribution in [-0.2, 0) is 20.4 Å². The molecule has 0 saturated heterocycles. The van der Waals surface area contributed by atoms with Crippen molar-refractivity contribution in [3.63, 3.8) is 0 Å². The molecule has 1 N–H and O–H groups in total. The Kier molecular flexibility index (Phi) is 4.92. The fraction of sp³-hybridized carbons (Fsp3) is 0.462. The zero-order valence-electron chi connectivity index (χ0n) is 11.3. The monoisotopic (exact) mass is 268 g/mol. The van der Waals surface area contributed by atoms with E-state index in [1.165, 1.54) is 7.11 Å². The quantitative estimate of drug-likeness (QED) is 0.658. The minimum Gasteiger partial charge on any atom is -0.508 e. The van der Waals surface area contributed by atoms with Crippen molar-refractivity contribution >= 4 is 14.3 Å². The number of ether oxygens (including phenoxy) is 1. The van der Waals surface area contributed by atoms with Crippen molar-refractivity contribution in [3.05, 3.63) is 29.8 Å². The van der Waals surface area contributed by atoms with Crippen molar-refractivity contribution in [2.24, 2.45) is 0 Å². The first-order valence-electron chi connectivity index (χ1n) is 5.85. The molecule has 0 amide bonds. The Bertz CT molecular complexity index is 394. The first kappa shape index (κ1) is 14.7. The van der Waals surface area contributed by atoms with Gasteiger partial charge in [0.15, 0.2) is 8.32 Å². The molecule has 4 nitrogen and oxygen atoms in total. The SMILES string of the molecule is COC(=O)[C@H](Cc1ccc(O)cc1)O[Si](C)(C)C. The number of phenolic OH excluding ortho intramolecular Hbond substituents is 1. The van der Waals surface area contributed by atoms with Crippen LogP contribution in [0.25, 0.3) is 0 Å². The molecule has 0 bridgehead atoms. The summed E-state index contributed by atoms with van der Waals surface area (Å²) in [5.74, 6) is -0.148. The lowest BCUT2D eigenvalue weighted by molar-refractivity contribution is -0.149. The smallest absolute Gasteiger partial charge is 0.334 e. The van der Waals surface area contributed by atoms with Gasteiger partial charge in [0.05, 0.1) is 7.11 Å². The van der Waals surface area contributed by atoms with Gasteiger partial charge in [-0.05, 0) is 37.3 Å². The van der Waals surface area contributed by atoms with E-state index >= 15 is 0 Å². The number of benzene rings is 1. The molecule has 0 saturated carbocycles. The second-order valence-electron chi connectivity index (χ2n) is 5.11. The van der Waals surface area contributed by atoms with Gasteiger partial charge in [-0.25, -0.2) is 4.79 Å². The lowest BCUT2D eigenvalue weighted by Gasteiger charge is -2.24. The van der Waals surface area contributed by atoms with E-state index in [1.54, 1.807) is 24.3 Å². The van der Waals surface area contributed by atoms with Crippen molar-refractivity contribution in [3.8, 4) is 5.75 Å². The number of esters is 1. The van der Waals surface area contributed by atoms with Crippen LogP contribution >= 0.6 is 0 Å². The Hall–Kier alpha value is -1.33. The van der Waals surface area contributed by atoms with Crippen LogP contribution in [0, 0.1) is 0 Å². The summed E-state index contributed by atoms with van der Waals surface area (Å²) in [7, 11) is -0.453. The van der Waals surface area contributed by atoms with Gasteiger partial charge in [0.2, 0.25) is 0 Å². The van der Waals surface area contributed by atoms with Crippen LogP contribution in [0.4, 0.5) is 0 Å². The Morgan fingerprint density at radius 2 is 1.83 bits per heavy atom. The minimum atomic E-state index is -1.81. The molecule has 0 aliphatic carbocycles. The largest absolute Gasteiger partial charge is 0.508 e. The van der Waals surface area contributed by atoms with E-state index in [4.69, 9.17) is 9.16 Å². The normalized spacial score (nSPS) is 13.1. The number of carbonyl (C=O) groups is 1. The summed E-state index contributed by atoms with van der Waals surface area (Å²) in [6.45, 7) is 6.08. The Balaban J connectivity index is 2.78. The van der Waals surface area contributed by atoms with E-state index in [9.17, 15) is 9.90 Å². The second-order valence-corrected chi connectivity index (χ2v) is 9.57. The predicted octanol–water partition coefficient (Wildman–Crippen LogP) is 2.33. The number of aromatic hydroxyl groups is 1. The molecule has 1 aromatic carbocycles. The van der Waals surface area contributed by atoms with Gasteiger partial charge in [0.25, 0.3) is 0 Å². The average molecular weight is 268 g/mol. The highest BCUT2D eigenvalue weighted by Gasteiger charge is 2.27. The molecule has 0 aromatic heterocycles. The van der Waals surface area contributed by atoms with E-state index < -0.39 is 14.4 Å². The molecule has 0 heterocycles. The third-order valence-electron chi connectivity index (χ3n) is 2.32. The number of phenols is 1. The molecule has 1 aromatic rings. The number of methoxy groups -OCH3 is 1. The molecule has 5 heteroatoms. The highest BCUT2D eigenvalue weighted by molar-refractivity contribution is 6.69. The summed E-state index contributed by atoms with van der Waals surface area (Å²) in [4.78, 5) is 11.7. The molecule has 0 spiro atoms. The predicted molar refractivity (Wildman–Crippen MR) is 72.0 cm³/mol. The van der Waals surface area contributed by atoms with Crippen molar-refractivity contribution in [1.29, 1.82) is 0 Å². The summed E-state index contributed by atoms with van der Waals surface area (Å²) in [6, 6.07) is 6.74.